The molecule has 0 spiro atoms. The van der Waals surface area contributed by atoms with Gasteiger partial charge in [-0.1, -0.05) is 12.1 Å². The highest BCUT2D eigenvalue weighted by Crippen LogP contribution is 2.25. The summed E-state index contributed by atoms with van der Waals surface area (Å²) in [5, 5.41) is 9.18. The van der Waals surface area contributed by atoms with Crippen LogP contribution < -0.4 is 0 Å². The van der Waals surface area contributed by atoms with Crippen molar-refractivity contribution in [2.45, 2.75) is 19.5 Å². The molecule has 112 valence electrons. The van der Waals surface area contributed by atoms with Crippen LogP contribution in [0.15, 0.2) is 24.3 Å². The number of benzene rings is 1. The normalized spacial score (nSPS) is 18.0. The third-order valence-electron chi connectivity index (χ3n) is 3.94. The molecule has 1 N–H and O–H groups in total. The smallest absolute Gasteiger partial charge is 0.323 e. The molecule has 1 atom stereocenters. The third kappa shape index (κ3) is 2.77. The standard InChI is InChI=1S/C15H19N3O3/c1-11(17-6-8-21-9-7-17)15-16-12-4-2-3-5-13(12)18(15)10-14(19)20/h2-5,11H,6-10H2,1H3,(H,19,20). The number of fused-ring (bicyclic) bond motifs is 1. The molecular weight excluding hydrogens is 270 g/mol. The highest BCUT2D eigenvalue weighted by Gasteiger charge is 2.24. The number of imidazole rings is 1. The van der Waals surface area contributed by atoms with Crippen LogP contribution in [0.25, 0.3) is 11.0 Å². The van der Waals surface area contributed by atoms with Crippen LogP contribution in [0.2, 0.25) is 0 Å². The van der Waals surface area contributed by atoms with E-state index in [0.717, 1.165) is 29.9 Å². The zero-order valence-corrected chi connectivity index (χ0v) is 12.0. The second-order valence-corrected chi connectivity index (χ2v) is 5.26. The summed E-state index contributed by atoms with van der Waals surface area (Å²) in [6, 6.07) is 7.74. The molecule has 6 nitrogen and oxygen atoms in total. The SMILES string of the molecule is CC(c1nc2ccccc2n1CC(=O)O)N1CCOCC1. The third-order valence-corrected chi connectivity index (χ3v) is 3.94. The maximum Gasteiger partial charge on any atom is 0.323 e. The van der Waals surface area contributed by atoms with Crippen LogP contribution in [-0.2, 0) is 16.1 Å². The Balaban J connectivity index is 2.01. The number of aliphatic carboxylic acids is 1. The first kappa shape index (κ1) is 14.0. The molecule has 1 fully saturated rings. The van der Waals surface area contributed by atoms with Gasteiger partial charge in [0.05, 0.1) is 30.3 Å². The molecule has 6 heteroatoms. The van der Waals surface area contributed by atoms with Gasteiger partial charge in [0.15, 0.2) is 0 Å². The number of aromatic nitrogens is 2. The Labute approximate surface area is 122 Å². The predicted molar refractivity (Wildman–Crippen MR) is 78.2 cm³/mol. The lowest BCUT2D eigenvalue weighted by Gasteiger charge is -2.32. The van der Waals surface area contributed by atoms with Gasteiger partial charge in [0, 0.05) is 13.1 Å². The Morgan fingerprint density at radius 3 is 2.81 bits per heavy atom. The van der Waals surface area contributed by atoms with Crippen molar-refractivity contribution < 1.29 is 14.6 Å². The molecule has 1 saturated heterocycles. The van der Waals surface area contributed by atoms with E-state index < -0.39 is 5.97 Å². The zero-order chi connectivity index (χ0) is 14.8. The summed E-state index contributed by atoms with van der Waals surface area (Å²) in [4.78, 5) is 18.1. The van der Waals surface area contributed by atoms with Gasteiger partial charge in [-0.2, -0.15) is 0 Å². The van der Waals surface area contributed by atoms with Crippen molar-refractivity contribution in [2.75, 3.05) is 26.3 Å². The molecule has 0 amide bonds. The van der Waals surface area contributed by atoms with E-state index in [9.17, 15) is 9.90 Å². The van der Waals surface area contributed by atoms with Gasteiger partial charge in [0.2, 0.25) is 0 Å². The number of hydrogen-bond donors (Lipinski definition) is 1. The van der Waals surface area contributed by atoms with Crippen molar-refractivity contribution in [1.82, 2.24) is 14.5 Å². The maximum absolute atomic E-state index is 11.2. The summed E-state index contributed by atoms with van der Waals surface area (Å²) < 4.78 is 7.18. The van der Waals surface area contributed by atoms with Crippen molar-refractivity contribution >= 4 is 17.0 Å². The second-order valence-electron chi connectivity index (χ2n) is 5.26. The molecule has 0 aliphatic carbocycles. The van der Waals surface area contributed by atoms with Gasteiger partial charge in [0.1, 0.15) is 12.4 Å². The molecule has 0 radical (unpaired) electrons. The Morgan fingerprint density at radius 2 is 2.10 bits per heavy atom. The fourth-order valence-electron chi connectivity index (χ4n) is 2.84. The quantitative estimate of drug-likeness (QED) is 0.924. The van der Waals surface area contributed by atoms with Crippen molar-refractivity contribution in [3.8, 4) is 0 Å². The number of rotatable bonds is 4. The molecular formula is C15H19N3O3. The lowest BCUT2D eigenvalue weighted by Crippen LogP contribution is -2.39. The van der Waals surface area contributed by atoms with E-state index in [1.54, 1.807) is 4.57 Å². The largest absolute Gasteiger partial charge is 0.480 e. The van der Waals surface area contributed by atoms with Crippen molar-refractivity contribution in [1.29, 1.82) is 0 Å². The molecule has 3 rings (SSSR count). The average Bonchev–Trinajstić information content (AvgIpc) is 2.86. The van der Waals surface area contributed by atoms with E-state index in [-0.39, 0.29) is 12.6 Å². The number of carboxylic acid groups (broad SMARTS) is 1. The molecule has 1 aliphatic heterocycles. The number of nitrogens with zero attached hydrogens (tertiary/aromatic N) is 3. The van der Waals surface area contributed by atoms with E-state index in [4.69, 9.17) is 4.74 Å². The summed E-state index contributed by atoms with van der Waals surface area (Å²) in [5.41, 5.74) is 1.71. The van der Waals surface area contributed by atoms with Gasteiger partial charge in [-0.15, -0.1) is 0 Å². The Bertz CT molecular complexity index is 647. The fraction of sp³-hybridized carbons (Fsp3) is 0.467. The number of carboxylic acids is 1. The van der Waals surface area contributed by atoms with Crippen LogP contribution in [0.5, 0.6) is 0 Å². The minimum atomic E-state index is -0.853. The van der Waals surface area contributed by atoms with E-state index in [0.29, 0.717) is 13.2 Å². The minimum Gasteiger partial charge on any atom is -0.480 e. The Morgan fingerprint density at radius 1 is 1.38 bits per heavy atom. The van der Waals surface area contributed by atoms with Crippen molar-refractivity contribution in [3.63, 3.8) is 0 Å². The van der Waals surface area contributed by atoms with E-state index in [1.165, 1.54) is 0 Å². The summed E-state index contributed by atoms with van der Waals surface area (Å²) in [6.07, 6.45) is 0. The minimum absolute atomic E-state index is 0.0650. The summed E-state index contributed by atoms with van der Waals surface area (Å²) in [7, 11) is 0. The molecule has 2 aromatic rings. The summed E-state index contributed by atoms with van der Waals surface area (Å²) in [6.45, 7) is 5.12. The average molecular weight is 289 g/mol. The number of hydrogen-bond acceptors (Lipinski definition) is 4. The van der Waals surface area contributed by atoms with E-state index >= 15 is 0 Å². The van der Waals surface area contributed by atoms with Gasteiger partial charge < -0.3 is 14.4 Å². The first-order chi connectivity index (χ1) is 10.2. The number of carbonyl (C=O) groups is 1. The zero-order valence-electron chi connectivity index (χ0n) is 12.0. The number of morpholine rings is 1. The van der Waals surface area contributed by atoms with Crippen molar-refractivity contribution in [3.05, 3.63) is 30.1 Å². The van der Waals surface area contributed by atoms with Crippen LogP contribution in [-0.4, -0.2) is 51.8 Å². The molecule has 0 bridgehead atoms. The van der Waals surface area contributed by atoms with Gasteiger partial charge >= 0.3 is 5.97 Å². The monoisotopic (exact) mass is 289 g/mol. The Hall–Kier alpha value is -1.92. The predicted octanol–water partition coefficient (Wildman–Crippen LogP) is 1.51. The first-order valence-corrected chi connectivity index (χ1v) is 7.15. The number of ether oxygens (including phenoxy) is 1. The number of para-hydroxylation sites is 2. The van der Waals surface area contributed by atoms with Crippen LogP contribution in [0.3, 0.4) is 0 Å². The molecule has 0 saturated carbocycles. The lowest BCUT2D eigenvalue weighted by molar-refractivity contribution is -0.137. The van der Waals surface area contributed by atoms with E-state index in [1.807, 2.05) is 24.3 Å². The van der Waals surface area contributed by atoms with Crippen LogP contribution in [0.4, 0.5) is 0 Å². The van der Waals surface area contributed by atoms with Gasteiger partial charge in [-0.3, -0.25) is 9.69 Å². The molecule has 2 heterocycles. The Kier molecular flexibility index (Phi) is 3.90. The highest BCUT2D eigenvalue weighted by molar-refractivity contribution is 5.78. The van der Waals surface area contributed by atoms with Gasteiger partial charge in [-0.25, -0.2) is 4.98 Å². The van der Waals surface area contributed by atoms with E-state index in [2.05, 4.69) is 16.8 Å². The lowest BCUT2D eigenvalue weighted by atomic mass is 10.2. The van der Waals surface area contributed by atoms with Gasteiger partial charge in [-0.05, 0) is 19.1 Å². The topological polar surface area (TPSA) is 67.6 Å². The molecule has 1 unspecified atom stereocenters. The van der Waals surface area contributed by atoms with Crippen LogP contribution >= 0.6 is 0 Å². The highest BCUT2D eigenvalue weighted by atomic mass is 16.5. The van der Waals surface area contributed by atoms with Crippen LogP contribution in [0, 0.1) is 0 Å². The van der Waals surface area contributed by atoms with Gasteiger partial charge in [0.25, 0.3) is 0 Å². The molecule has 1 aliphatic rings. The fourth-order valence-corrected chi connectivity index (χ4v) is 2.84. The van der Waals surface area contributed by atoms with Crippen LogP contribution in [0.1, 0.15) is 18.8 Å². The molecule has 21 heavy (non-hydrogen) atoms. The summed E-state index contributed by atoms with van der Waals surface area (Å²) >= 11 is 0. The first-order valence-electron chi connectivity index (χ1n) is 7.15. The molecule has 1 aromatic heterocycles. The summed E-state index contributed by atoms with van der Waals surface area (Å²) in [5.74, 6) is -0.0471. The maximum atomic E-state index is 11.2. The second kappa shape index (κ2) is 5.83. The van der Waals surface area contributed by atoms with Crippen molar-refractivity contribution in [2.24, 2.45) is 0 Å². The molecule has 1 aromatic carbocycles.